The van der Waals surface area contributed by atoms with Crippen molar-refractivity contribution < 1.29 is 4.79 Å². The van der Waals surface area contributed by atoms with Gasteiger partial charge < -0.3 is 5.73 Å². The predicted octanol–water partition coefficient (Wildman–Crippen LogP) is 0.649. The Morgan fingerprint density at radius 2 is 2.36 bits per heavy atom. The van der Waals surface area contributed by atoms with Gasteiger partial charge in [0.25, 0.3) is 0 Å². The van der Waals surface area contributed by atoms with Crippen LogP contribution < -0.4 is 5.73 Å². The Morgan fingerprint density at radius 3 is 2.79 bits per heavy atom. The van der Waals surface area contributed by atoms with Gasteiger partial charge in [-0.1, -0.05) is 0 Å². The Kier molecular flexibility index (Phi) is 2.15. The molecular weight excluding hydrogens is 178 g/mol. The van der Waals surface area contributed by atoms with E-state index in [1.54, 1.807) is 10.9 Å². The molecular formula is C10H15N3O. The van der Waals surface area contributed by atoms with Crippen LogP contribution in [-0.4, -0.2) is 21.6 Å². The third-order valence-corrected chi connectivity index (χ3v) is 2.71. The molecule has 1 aliphatic rings. The topological polar surface area (TPSA) is 60.9 Å². The first kappa shape index (κ1) is 9.40. The summed E-state index contributed by atoms with van der Waals surface area (Å²) in [7, 11) is 1.81. The average molecular weight is 193 g/mol. The highest BCUT2D eigenvalue weighted by molar-refractivity contribution is 6.01. The highest BCUT2D eigenvalue weighted by atomic mass is 16.1. The van der Waals surface area contributed by atoms with E-state index < -0.39 is 0 Å². The van der Waals surface area contributed by atoms with Gasteiger partial charge in [-0.2, -0.15) is 5.10 Å². The van der Waals surface area contributed by atoms with Gasteiger partial charge in [-0.05, 0) is 25.7 Å². The Balaban J connectivity index is 2.21. The van der Waals surface area contributed by atoms with Crippen molar-refractivity contribution in [2.24, 2.45) is 18.7 Å². The van der Waals surface area contributed by atoms with E-state index in [-0.39, 0.29) is 11.8 Å². The molecule has 0 radical (unpaired) electrons. The van der Waals surface area contributed by atoms with Crippen molar-refractivity contribution in [3.8, 4) is 0 Å². The summed E-state index contributed by atoms with van der Waals surface area (Å²) in [4.78, 5) is 11.9. The number of hydrogen-bond donors (Lipinski definition) is 1. The van der Waals surface area contributed by atoms with Crippen molar-refractivity contribution in [3.63, 3.8) is 0 Å². The number of rotatable bonds is 3. The van der Waals surface area contributed by atoms with Gasteiger partial charge in [0.15, 0.2) is 5.78 Å². The predicted molar refractivity (Wildman–Crippen MR) is 53.0 cm³/mol. The molecule has 1 atom stereocenters. The summed E-state index contributed by atoms with van der Waals surface area (Å²) in [6.07, 6.45) is 3.93. The SMILES string of the molecule is Cc1nn(C)cc1C(=O)C(N)C1CC1. The van der Waals surface area contributed by atoms with E-state index >= 15 is 0 Å². The number of hydrogen-bond acceptors (Lipinski definition) is 3. The van der Waals surface area contributed by atoms with Gasteiger partial charge in [-0.15, -0.1) is 0 Å². The van der Waals surface area contributed by atoms with Crippen molar-refractivity contribution in [2.45, 2.75) is 25.8 Å². The van der Waals surface area contributed by atoms with Crippen LogP contribution in [0.25, 0.3) is 0 Å². The molecule has 76 valence electrons. The third kappa shape index (κ3) is 1.57. The van der Waals surface area contributed by atoms with Gasteiger partial charge in [-0.3, -0.25) is 9.48 Å². The number of Topliss-reactive ketones (excluding diaryl/α,β-unsaturated/α-hetero) is 1. The molecule has 1 aliphatic carbocycles. The van der Waals surface area contributed by atoms with E-state index in [9.17, 15) is 4.79 Å². The molecule has 1 unspecified atom stereocenters. The van der Waals surface area contributed by atoms with Crippen LogP contribution in [0.4, 0.5) is 0 Å². The number of aryl methyl sites for hydroxylation is 2. The summed E-state index contributed by atoms with van der Waals surface area (Å²) < 4.78 is 1.65. The maximum atomic E-state index is 11.9. The lowest BCUT2D eigenvalue weighted by atomic mass is 10.0. The van der Waals surface area contributed by atoms with Gasteiger partial charge in [0, 0.05) is 13.2 Å². The van der Waals surface area contributed by atoms with Gasteiger partial charge in [0.1, 0.15) is 0 Å². The highest BCUT2D eigenvalue weighted by Crippen LogP contribution is 2.33. The van der Waals surface area contributed by atoms with Crippen LogP contribution in [-0.2, 0) is 7.05 Å². The minimum absolute atomic E-state index is 0.0399. The molecule has 4 nitrogen and oxygen atoms in total. The average Bonchev–Trinajstić information content (AvgIpc) is 2.90. The Labute approximate surface area is 83.1 Å². The van der Waals surface area contributed by atoms with E-state index in [4.69, 9.17) is 5.73 Å². The molecule has 1 fully saturated rings. The summed E-state index contributed by atoms with van der Waals surface area (Å²) in [6.45, 7) is 1.84. The normalized spacial score (nSPS) is 18.2. The van der Waals surface area contributed by atoms with Gasteiger partial charge >= 0.3 is 0 Å². The number of nitrogens with two attached hydrogens (primary N) is 1. The monoisotopic (exact) mass is 193 g/mol. The summed E-state index contributed by atoms with van der Waals surface area (Å²) >= 11 is 0. The first-order valence-electron chi connectivity index (χ1n) is 4.89. The fraction of sp³-hybridized carbons (Fsp3) is 0.600. The minimum atomic E-state index is -0.321. The number of carbonyl (C=O) groups excluding carboxylic acids is 1. The lowest BCUT2D eigenvalue weighted by Crippen LogP contribution is -2.32. The van der Waals surface area contributed by atoms with Crippen LogP contribution in [0.15, 0.2) is 6.20 Å². The zero-order valence-electron chi connectivity index (χ0n) is 8.53. The second-order valence-corrected chi connectivity index (χ2v) is 4.03. The second kappa shape index (κ2) is 3.20. The van der Waals surface area contributed by atoms with Gasteiger partial charge in [0.05, 0.1) is 17.3 Å². The molecule has 1 aromatic heterocycles. The number of nitrogens with zero attached hydrogens (tertiary/aromatic N) is 2. The highest BCUT2D eigenvalue weighted by Gasteiger charge is 2.34. The largest absolute Gasteiger partial charge is 0.321 e. The van der Waals surface area contributed by atoms with Crippen molar-refractivity contribution >= 4 is 5.78 Å². The number of aromatic nitrogens is 2. The zero-order valence-corrected chi connectivity index (χ0v) is 8.53. The molecule has 1 saturated carbocycles. The molecule has 1 heterocycles. The lowest BCUT2D eigenvalue weighted by Gasteiger charge is -2.07. The molecule has 0 saturated heterocycles. The molecule has 0 aromatic carbocycles. The number of ketones is 1. The summed E-state index contributed by atoms with van der Waals surface area (Å²) in [6, 6.07) is -0.321. The molecule has 0 aliphatic heterocycles. The summed E-state index contributed by atoms with van der Waals surface area (Å²) in [5, 5.41) is 4.13. The fourth-order valence-electron chi connectivity index (χ4n) is 1.69. The third-order valence-electron chi connectivity index (χ3n) is 2.71. The van der Waals surface area contributed by atoms with E-state index in [0.717, 1.165) is 18.5 Å². The quantitative estimate of drug-likeness (QED) is 0.717. The molecule has 4 heteroatoms. The maximum Gasteiger partial charge on any atom is 0.183 e. The molecule has 14 heavy (non-hydrogen) atoms. The Bertz CT molecular complexity index is 365. The van der Waals surface area contributed by atoms with Crippen LogP contribution in [0.2, 0.25) is 0 Å². The van der Waals surface area contributed by atoms with Crippen molar-refractivity contribution in [2.75, 3.05) is 0 Å². The summed E-state index contributed by atoms with van der Waals surface area (Å²) in [5.74, 6) is 0.445. The van der Waals surface area contributed by atoms with Crippen LogP contribution in [0.5, 0.6) is 0 Å². The van der Waals surface area contributed by atoms with E-state index in [1.807, 2.05) is 14.0 Å². The van der Waals surface area contributed by atoms with Crippen LogP contribution >= 0.6 is 0 Å². The lowest BCUT2D eigenvalue weighted by molar-refractivity contribution is 0.0951. The fourth-order valence-corrected chi connectivity index (χ4v) is 1.69. The van der Waals surface area contributed by atoms with E-state index in [2.05, 4.69) is 5.10 Å². The molecule has 1 aromatic rings. The van der Waals surface area contributed by atoms with Crippen LogP contribution in [0.1, 0.15) is 28.9 Å². The van der Waals surface area contributed by atoms with E-state index in [0.29, 0.717) is 11.5 Å². The first-order valence-corrected chi connectivity index (χ1v) is 4.89. The van der Waals surface area contributed by atoms with E-state index in [1.165, 1.54) is 0 Å². The Morgan fingerprint density at radius 1 is 1.71 bits per heavy atom. The van der Waals surface area contributed by atoms with Crippen molar-refractivity contribution in [1.82, 2.24) is 9.78 Å². The molecule has 0 amide bonds. The van der Waals surface area contributed by atoms with Crippen LogP contribution in [0.3, 0.4) is 0 Å². The molecule has 2 N–H and O–H groups in total. The Hall–Kier alpha value is -1.16. The molecule has 0 bridgehead atoms. The molecule has 2 rings (SSSR count). The standard InChI is InChI=1S/C10H15N3O/c1-6-8(5-13(2)12-6)10(14)9(11)7-3-4-7/h5,7,9H,3-4,11H2,1-2H3. The minimum Gasteiger partial charge on any atom is -0.321 e. The maximum absolute atomic E-state index is 11.9. The van der Waals surface area contributed by atoms with Crippen molar-refractivity contribution in [1.29, 1.82) is 0 Å². The smallest absolute Gasteiger partial charge is 0.183 e. The van der Waals surface area contributed by atoms with Crippen molar-refractivity contribution in [3.05, 3.63) is 17.5 Å². The first-order chi connectivity index (χ1) is 6.59. The summed E-state index contributed by atoms with van der Waals surface area (Å²) in [5.41, 5.74) is 7.29. The second-order valence-electron chi connectivity index (χ2n) is 4.03. The number of carbonyl (C=O) groups is 1. The molecule has 0 spiro atoms. The zero-order chi connectivity index (χ0) is 10.3. The van der Waals surface area contributed by atoms with Gasteiger partial charge in [0.2, 0.25) is 0 Å². The van der Waals surface area contributed by atoms with Gasteiger partial charge in [-0.25, -0.2) is 0 Å². The van der Waals surface area contributed by atoms with Crippen LogP contribution in [0, 0.1) is 12.8 Å².